The normalized spacial score (nSPS) is 14.1. The highest BCUT2D eigenvalue weighted by Gasteiger charge is 2.18. The molecule has 0 N–H and O–H groups in total. The van der Waals surface area contributed by atoms with Gasteiger partial charge in [-0.3, -0.25) is 0 Å². The summed E-state index contributed by atoms with van der Waals surface area (Å²) >= 11 is 3.64. The zero-order valence-corrected chi connectivity index (χ0v) is 12.2. The molecule has 0 fully saturated rings. The topological polar surface area (TPSA) is 0 Å². The molecule has 0 heterocycles. The van der Waals surface area contributed by atoms with Crippen LogP contribution in [0.4, 0.5) is 8.78 Å². The van der Waals surface area contributed by atoms with E-state index in [4.69, 9.17) is 0 Å². The highest BCUT2D eigenvalue weighted by molar-refractivity contribution is 9.09. The summed E-state index contributed by atoms with van der Waals surface area (Å²) in [4.78, 5) is 0.122. The Morgan fingerprint density at radius 1 is 1.05 bits per heavy atom. The molecule has 0 aliphatic carbocycles. The van der Waals surface area contributed by atoms with E-state index in [-0.39, 0.29) is 16.6 Å². The van der Waals surface area contributed by atoms with Crippen LogP contribution in [0.2, 0.25) is 0 Å². The van der Waals surface area contributed by atoms with Crippen molar-refractivity contribution in [2.75, 3.05) is 0 Å². The first-order chi connectivity index (χ1) is 9.08. The maximum Gasteiger partial charge on any atom is 0.126 e. The van der Waals surface area contributed by atoms with E-state index >= 15 is 0 Å². The number of hydrogen-bond acceptors (Lipinski definition) is 0. The predicted molar refractivity (Wildman–Crippen MR) is 77.3 cm³/mol. The van der Waals surface area contributed by atoms with Crippen LogP contribution in [0, 0.1) is 17.6 Å². The Kier molecular flexibility index (Phi) is 4.70. The lowest BCUT2D eigenvalue weighted by atomic mass is 9.94. The first kappa shape index (κ1) is 14.2. The molecular weight excluding hydrogens is 310 g/mol. The molecule has 0 aliphatic rings. The summed E-state index contributed by atoms with van der Waals surface area (Å²) in [5.41, 5.74) is 1.57. The minimum atomic E-state index is -0.394. The molecular formula is C16H15BrF2. The first-order valence-electron chi connectivity index (χ1n) is 6.21. The van der Waals surface area contributed by atoms with Crippen LogP contribution >= 0.6 is 15.9 Å². The fourth-order valence-corrected chi connectivity index (χ4v) is 2.61. The van der Waals surface area contributed by atoms with Gasteiger partial charge in [-0.1, -0.05) is 53.2 Å². The molecule has 0 amide bonds. The Balaban J connectivity index is 2.12. The summed E-state index contributed by atoms with van der Waals surface area (Å²) in [6.45, 7) is 2.02. The van der Waals surface area contributed by atoms with E-state index < -0.39 is 5.82 Å². The summed E-state index contributed by atoms with van der Waals surface area (Å²) in [5.74, 6) is -0.575. The summed E-state index contributed by atoms with van der Waals surface area (Å²) < 4.78 is 26.8. The Bertz CT molecular complexity index is 540. The smallest absolute Gasteiger partial charge is 0.126 e. The maximum absolute atomic E-state index is 13.6. The van der Waals surface area contributed by atoms with Crippen LogP contribution in [-0.4, -0.2) is 0 Å². The van der Waals surface area contributed by atoms with Gasteiger partial charge in [0.05, 0.1) is 0 Å². The molecule has 2 aromatic carbocycles. The number of rotatable bonds is 4. The van der Waals surface area contributed by atoms with Gasteiger partial charge in [-0.15, -0.1) is 0 Å². The minimum Gasteiger partial charge on any atom is -0.207 e. The van der Waals surface area contributed by atoms with E-state index in [1.165, 1.54) is 12.1 Å². The third-order valence-corrected chi connectivity index (χ3v) is 4.60. The molecule has 2 aromatic rings. The van der Waals surface area contributed by atoms with Crippen LogP contribution in [0.25, 0.3) is 0 Å². The lowest BCUT2D eigenvalue weighted by Gasteiger charge is -2.19. The van der Waals surface area contributed by atoms with E-state index in [1.54, 1.807) is 0 Å². The van der Waals surface area contributed by atoms with Crippen molar-refractivity contribution in [2.24, 2.45) is 5.92 Å². The van der Waals surface area contributed by atoms with Crippen LogP contribution in [0.5, 0.6) is 0 Å². The third kappa shape index (κ3) is 3.63. The standard InChI is InChI=1S/C16H15BrF2/c1-11(16(17)12-5-3-2-4-6-12)9-13-10-14(18)7-8-15(13)19/h2-8,10-11,16H,9H2,1H3. The Hall–Kier alpha value is -1.22. The second kappa shape index (κ2) is 6.29. The van der Waals surface area contributed by atoms with Gasteiger partial charge in [-0.2, -0.15) is 0 Å². The second-order valence-electron chi connectivity index (χ2n) is 4.73. The van der Waals surface area contributed by atoms with Crippen molar-refractivity contribution in [3.8, 4) is 0 Å². The van der Waals surface area contributed by atoms with Gasteiger partial charge in [0, 0.05) is 4.83 Å². The van der Waals surface area contributed by atoms with E-state index in [9.17, 15) is 8.78 Å². The van der Waals surface area contributed by atoms with Gasteiger partial charge < -0.3 is 0 Å². The zero-order chi connectivity index (χ0) is 13.8. The van der Waals surface area contributed by atoms with E-state index in [0.717, 1.165) is 11.6 Å². The highest BCUT2D eigenvalue weighted by Crippen LogP contribution is 2.33. The highest BCUT2D eigenvalue weighted by atomic mass is 79.9. The fourth-order valence-electron chi connectivity index (χ4n) is 2.12. The molecule has 19 heavy (non-hydrogen) atoms. The van der Waals surface area contributed by atoms with Crippen LogP contribution < -0.4 is 0 Å². The van der Waals surface area contributed by atoms with Crippen molar-refractivity contribution < 1.29 is 8.78 Å². The van der Waals surface area contributed by atoms with Crippen molar-refractivity contribution in [3.63, 3.8) is 0 Å². The summed E-state index contributed by atoms with van der Waals surface area (Å²) in [5, 5.41) is 0. The van der Waals surface area contributed by atoms with Crippen molar-refractivity contribution in [2.45, 2.75) is 18.2 Å². The van der Waals surface area contributed by atoms with Gasteiger partial charge in [-0.05, 0) is 41.7 Å². The molecule has 0 saturated carbocycles. The number of benzene rings is 2. The van der Waals surface area contributed by atoms with Crippen molar-refractivity contribution in [3.05, 3.63) is 71.3 Å². The Morgan fingerprint density at radius 3 is 2.42 bits per heavy atom. The van der Waals surface area contributed by atoms with Gasteiger partial charge >= 0.3 is 0 Å². The summed E-state index contributed by atoms with van der Waals surface area (Å²) in [7, 11) is 0. The van der Waals surface area contributed by atoms with Crippen molar-refractivity contribution in [1.29, 1.82) is 0 Å². The predicted octanol–water partition coefficient (Wildman–Crippen LogP) is 5.28. The van der Waals surface area contributed by atoms with Crippen molar-refractivity contribution >= 4 is 15.9 Å². The average Bonchev–Trinajstić information content (AvgIpc) is 2.43. The van der Waals surface area contributed by atoms with Crippen LogP contribution in [0.3, 0.4) is 0 Å². The van der Waals surface area contributed by atoms with Gasteiger partial charge in [0.2, 0.25) is 0 Å². The molecule has 0 aliphatic heterocycles. The van der Waals surface area contributed by atoms with Gasteiger partial charge in [0.1, 0.15) is 11.6 Å². The molecule has 0 spiro atoms. The number of halogens is 3. The molecule has 2 atom stereocenters. The van der Waals surface area contributed by atoms with E-state index in [0.29, 0.717) is 12.0 Å². The lowest BCUT2D eigenvalue weighted by molar-refractivity contribution is 0.530. The third-order valence-electron chi connectivity index (χ3n) is 3.17. The molecule has 0 saturated heterocycles. The monoisotopic (exact) mass is 324 g/mol. The molecule has 2 rings (SSSR count). The number of hydrogen-bond donors (Lipinski definition) is 0. The van der Waals surface area contributed by atoms with Gasteiger partial charge in [-0.25, -0.2) is 8.78 Å². The quantitative estimate of drug-likeness (QED) is 0.671. The molecule has 0 bridgehead atoms. The molecule has 100 valence electrons. The maximum atomic E-state index is 13.6. The molecule has 2 unspecified atom stereocenters. The molecule has 0 aromatic heterocycles. The second-order valence-corrected chi connectivity index (χ2v) is 5.72. The Morgan fingerprint density at radius 2 is 1.74 bits per heavy atom. The SMILES string of the molecule is CC(Cc1cc(F)ccc1F)C(Br)c1ccccc1. The van der Waals surface area contributed by atoms with Gasteiger partial charge in [0.25, 0.3) is 0 Å². The molecule has 0 radical (unpaired) electrons. The van der Waals surface area contributed by atoms with Crippen molar-refractivity contribution in [1.82, 2.24) is 0 Å². The zero-order valence-electron chi connectivity index (χ0n) is 10.6. The fraction of sp³-hybridized carbons (Fsp3) is 0.250. The Labute approximate surface area is 120 Å². The van der Waals surface area contributed by atoms with Gasteiger partial charge in [0.15, 0.2) is 0 Å². The molecule has 0 nitrogen and oxygen atoms in total. The summed E-state index contributed by atoms with van der Waals surface area (Å²) in [6, 6.07) is 13.6. The van der Waals surface area contributed by atoms with Crippen LogP contribution in [0.15, 0.2) is 48.5 Å². The summed E-state index contributed by atoms with van der Waals surface area (Å²) in [6.07, 6.45) is 0.494. The minimum absolute atomic E-state index is 0.122. The number of alkyl halides is 1. The largest absolute Gasteiger partial charge is 0.207 e. The van der Waals surface area contributed by atoms with Crippen LogP contribution in [-0.2, 0) is 6.42 Å². The van der Waals surface area contributed by atoms with E-state index in [2.05, 4.69) is 15.9 Å². The van der Waals surface area contributed by atoms with Crippen LogP contribution in [0.1, 0.15) is 22.9 Å². The average molecular weight is 325 g/mol. The van der Waals surface area contributed by atoms with E-state index in [1.807, 2.05) is 37.3 Å². The molecule has 3 heteroatoms. The lowest BCUT2D eigenvalue weighted by Crippen LogP contribution is -2.08. The first-order valence-corrected chi connectivity index (χ1v) is 7.12.